The molecule has 0 spiro atoms. The van der Waals surface area contributed by atoms with E-state index in [0.717, 1.165) is 0 Å². The maximum absolute atomic E-state index is 13.1. The van der Waals surface area contributed by atoms with Crippen molar-refractivity contribution in [3.8, 4) is 0 Å². The molecule has 270 valence electrons. The van der Waals surface area contributed by atoms with Crippen molar-refractivity contribution in [2.45, 2.75) is 81.2 Å². The van der Waals surface area contributed by atoms with Gasteiger partial charge in [-0.3, -0.25) is 43.2 Å². The van der Waals surface area contributed by atoms with Gasteiger partial charge in [0, 0.05) is 19.3 Å². The lowest BCUT2D eigenvalue weighted by Gasteiger charge is -2.26. The minimum Gasteiger partial charge on any atom is -0.481 e. The van der Waals surface area contributed by atoms with Gasteiger partial charge in [0.1, 0.15) is 36.3 Å². The summed E-state index contributed by atoms with van der Waals surface area (Å²) in [5.74, 6) is -14.0. The summed E-state index contributed by atoms with van der Waals surface area (Å²) < 4.78 is 0. The second-order valence-electron chi connectivity index (χ2n) is 10.0. The Labute approximate surface area is 270 Å². The Morgan fingerprint density at radius 3 is 1.12 bits per heavy atom. The number of hydrogen-bond acceptors (Lipinski definition) is 13. The van der Waals surface area contributed by atoms with Crippen LogP contribution in [0.1, 0.15) is 44.9 Å². The number of aliphatic carboxylic acids is 5. The fraction of sp³-hybridized carbons (Fsp3) is 0.600. The number of aliphatic hydroxyl groups is 2. The van der Waals surface area contributed by atoms with Crippen LogP contribution in [0.3, 0.4) is 0 Å². The third-order valence-electron chi connectivity index (χ3n) is 6.18. The van der Waals surface area contributed by atoms with E-state index in [1.54, 1.807) is 0 Å². The summed E-state index contributed by atoms with van der Waals surface area (Å²) in [5.41, 5.74) is 5.33. The molecule has 0 radical (unpaired) electrons. The quantitative estimate of drug-likeness (QED) is 0.0447. The Morgan fingerprint density at radius 1 is 0.438 bits per heavy atom. The lowest BCUT2D eigenvalue weighted by atomic mass is 10.1. The van der Waals surface area contributed by atoms with E-state index >= 15 is 0 Å². The topological polar surface area (TPSA) is 398 Å². The Hall–Kier alpha value is -5.42. The summed E-state index contributed by atoms with van der Waals surface area (Å²) >= 11 is 0. The number of nitrogens with one attached hydrogen (secondary N) is 5. The van der Waals surface area contributed by atoms with Gasteiger partial charge in [-0.25, -0.2) is 4.79 Å². The molecule has 0 heterocycles. The van der Waals surface area contributed by atoms with Gasteiger partial charge >= 0.3 is 29.8 Å². The van der Waals surface area contributed by atoms with Crippen LogP contribution in [-0.4, -0.2) is 145 Å². The highest BCUT2D eigenvalue weighted by Gasteiger charge is 2.33. The third-order valence-corrected chi connectivity index (χ3v) is 6.18. The van der Waals surface area contributed by atoms with Gasteiger partial charge in [0.15, 0.2) is 0 Å². The molecule has 23 heteroatoms. The Bertz CT molecular complexity index is 1230. The molecule has 0 aromatic heterocycles. The van der Waals surface area contributed by atoms with Crippen molar-refractivity contribution in [2.75, 3.05) is 13.2 Å². The molecule has 6 atom stereocenters. The van der Waals surface area contributed by atoms with E-state index in [1.807, 2.05) is 21.3 Å². The zero-order valence-corrected chi connectivity index (χ0v) is 25.1. The summed E-state index contributed by atoms with van der Waals surface area (Å²) in [6.45, 7) is -2.07. The molecule has 0 saturated carbocycles. The maximum Gasteiger partial charge on any atom is 0.326 e. The highest BCUT2D eigenvalue weighted by atomic mass is 16.4. The predicted molar refractivity (Wildman–Crippen MR) is 152 cm³/mol. The molecule has 0 aliphatic carbocycles. The molecular formula is C25H38N6O17. The molecular weight excluding hydrogens is 656 g/mol. The van der Waals surface area contributed by atoms with E-state index in [0.29, 0.717) is 0 Å². The molecule has 0 bridgehead atoms. The number of nitrogens with two attached hydrogens (primary N) is 1. The first-order valence-electron chi connectivity index (χ1n) is 13.9. The van der Waals surface area contributed by atoms with Gasteiger partial charge in [0.25, 0.3) is 0 Å². The van der Waals surface area contributed by atoms with Gasteiger partial charge < -0.3 is 68.1 Å². The van der Waals surface area contributed by atoms with Crippen LogP contribution in [0.4, 0.5) is 0 Å². The van der Waals surface area contributed by atoms with Crippen LogP contribution in [0.15, 0.2) is 0 Å². The number of hydrogen-bond donors (Lipinski definition) is 13. The molecule has 0 aliphatic rings. The lowest BCUT2D eigenvalue weighted by molar-refractivity contribution is -0.144. The molecule has 0 unspecified atom stereocenters. The highest BCUT2D eigenvalue weighted by Crippen LogP contribution is 2.06. The molecule has 0 rings (SSSR count). The van der Waals surface area contributed by atoms with Gasteiger partial charge in [0.05, 0.1) is 19.6 Å². The van der Waals surface area contributed by atoms with E-state index in [9.17, 15) is 58.2 Å². The first-order chi connectivity index (χ1) is 22.3. The molecule has 0 aromatic carbocycles. The van der Waals surface area contributed by atoms with E-state index < -0.39 is 154 Å². The predicted octanol–water partition coefficient (Wildman–Crippen LogP) is -6.12. The molecule has 0 aliphatic heterocycles. The first-order valence-corrected chi connectivity index (χ1v) is 13.9. The van der Waals surface area contributed by atoms with Crippen LogP contribution >= 0.6 is 0 Å². The number of carbonyl (C=O) groups is 10. The molecule has 0 aromatic rings. The van der Waals surface area contributed by atoms with Crippen molar-refractivity contribution >= 4 is 59.4 Å². The van der Waals surface area contributed by atoms with Crippen LogP contribution in [0.25, 0.3) is 0 Å². The zero-order chi connectivity index (χ0) is 37.1. The minimum absolute atomic E-state index is 0.590. The van der Waals surface area contributed by atoms with Gasteiger partial charge in [0.2, 0.25) is 29.5 Å². The van der Waals surface area contributed by atoms with Crippen molar-refractivity contribution < 1.29 is 83.7 Å². The molecule has 0 saturated heterocycles. The van der Waals surface area contributed by atoms with Crippen molar-refractivity contribution in [3.63, 3.8) is 0 Å². The monoisotopic (exact) mass is 694 g/mol. The number of carbonyl (C=O) groups excluding carboxylic acids is 5. The highest BCUT2D eigenvalue weighted by molar-refractivity contribution is 5.97. The standard InChI is InChI=1S/C25H38N6O17/c26-10(8-32)20(42)30-14(7-19(40)41)23(45)31-15(9-33)24(46)28-11(1-4-16(34)35)21(43)27-12(2-5-17(36)37)22(44)29-13(25(47)48)3-6-18(38)39/h10-15,32-33H,1-9,26H2,(H,27,43)(H,28,46)(H,29,44)(H,30,42)(H,31,45)(H,34,35)(H,36,37)(H,38,39)(H,40,41)(H,47,48)/t10-,11-,12-,13-,14-,15-/m0/s1. The van der Waals surface area contributed by atoms with Crippen LogP contribution < -0.4 is 32.3 Å². The number of rotatable bonds is 24. The van der Waals surface area contributed by atoms with E-state index in [1.165, 1.54) is 0 Å². The van der Waals surface area contributed by atoms with E-state index in [4.69, 9.17) is 31.3 Å². The maximum atomic E-state index is 13.1. The fourth-order valence-corrected chi connectivity index (χ4v) is 3.63. The van der Waals surface area contributed by atoms with Crippen molar-refractivity contribution in [2.24, 2.45) is 5.73 Å². The van der Waals surface area contributed by atoms with E-state index in [-0.39, 0.29) is 0 Å². The number of aliphatic hydroxyl groups excluding tert-OH is 2. The SMILES string of the molecule is N[C@@H](CO)C(=O)N[C@@H](CC(=O)O)C(=O)N[C@@H](CO)C(=O)N[C@@H](CCC(=O)O)C(=O)N[C@@H](CCC(=O)O)C(=O)N[C@@H](CCC(=O)O)C(=O)O. The second kappa shape index (κ2) is 21.4. The van der Waals surface area contributed by atoms with Crippen LogP contribution in [0.2, 0.25) is 0 Å². The van der Waals surface area contributed by atoms with E-state index in [2.05, 4.69) is 5.32 Å². The van der Waals surface area contributed by atoms with Crippen LogP contribution in [-0.2, 0) is 47.9 Å². The summed E-state index contributed by atoms with van der Waals surface area (Å²) in [6.07, 6.45) is -5.19. The molecule has 5 amide bonds. The average Bonchev–Trinajstić information content (AvgIpc) is 2.99. The smallest absolute Gasteiger partial charge is 0.326 e. The minimum atomic E-state index is -1.95. The summed E-state index contributed by atoms with van der Waals surface area (Å²) in [6, 6.07) is -10.8. The summed E-state index contributed by atoms with van der Waals surface area (Å²) in [5, 5.41) is 74.0. The Balaban J connectivity index is 6.05. The van der Waals surface area contributed by atoms with Gasteiger partial charge in [-0.15, -0.1) is 0 Å². The van der Waals surface area contributed by atoms with Gasteiger partial charge in [-0.05, 0) is 19.3 Å². The summed E-state index contributed by atoms with van der Waals surface area (Å²) in [4.78, 5) is 119. The fourth-order valence-electron chi connectivity index (χ4n) is 3.63. The van der Waals surface area contributed by atoms with Gasteiger partial charge in [-0.1, -0.05) is 0 Å². The number of amides is 5. The van der Waals surface area contributed by atoms with Crippen molar-refractivity contribution in [1.29, 1.82) is 0 Å². The van der Waals surface area contributed by atoms with Crippen molar-refractivity contribution in [1.82, 2.24) is 26.6 Å². The third kappa shape index (κ3) is 16.8. The van der Waals surface area contributed by atoms with Crippen LogP contribution in [0, 0.1) is 0 Å². The average molecular weight is 695 g/mol. The molecule has 14 N–H and O–H groups in total. The zero-order valence-electron chi connectivity index (χ0n) is 25.1. The van der Waals surface area contributed by atoms with Crippen molar-refractivity contribution in [3.05, 3.63) is 0 Å². The molecule has 23 nitrogen and oxygen atoms in total. The first kappa shape index (κ1) is 42.6. The number of carboxylic acids is 5. The Kier molecular flexibility index (Phi) is 19.0. The Morgan fingerprint density at radius 2 is 0.771 bits per heavy atom. The second-order valence-corrected chi connectivity index (χ2v) is 10.0. The van der Waals surface area contributed by atoms with Gasteiger partial charge in [-0.2, -0.15) is 0 Å². The largest absolute Gasteiger partial charge is 0.481 e. The summed E-state index contributed by atoms with van der Waals surface area (Å²) in [7, 11) is 0. The number of carboxylic acid groups (broad SMARTS) is 5. The normalized spacial score (nSPS) is 14.4. The molecule has 0 fully saturated rings. The molecule has 48 heavy (non-hydrogen) atoms. The van der Waals surface area contributed by atoms with Crippen LogP contribution in [0.5, 0.6) is 0 Å². The lowest BCUT2D eigenvalue weighted by Crippen LogP contribution is -2.60.